The standard InChI is InChI=1S/C23H30FNO5/c1-4-11-27-18-12-23(21(26)25-17-9-10-17,13-19-20(18)30-22(2,3)29-19)28-14-15-5-7-16(24)8-6-15/h4-8,17-20H,1,9-14H2,2-3H3,(H,25,26)/t18-,19+,20-,23+/m0/s1. The maximum Gasteiger partial charge on any atom is 0.252 e. The molecule has 164 valence electrons. The van der Waals surface area contributed by atoms with Crippen molar-refractivity contribution in [2.24, 2.45) is 0 Å². The molecule has 6 nitrogen and oxygen atoms in total. The van der Waals surface area contributed by atoms with E-state index >= 15 is 0 Å². The van der Waals surface area contributed by atoms with Crippen LogP contribution < -0.4 is 5.32 Å². The summed E-state index contributed by atoms with van der Waals surface area (Å²) >= 11 is 0. The molecular weight excluding hydrogens is 389 g/mol. The summed E-state index contributed by atoms with van der Waals surface area (Å²) in [5, 5.41) is 3.09. The number of carbonyl (C=O) groups is 1. The maximum absolute atomic E-state index is 13.3. The van der Waals surface area contributed by atoms with Crippen LogP contribution in [-0.4, -0.2) is 48.3 Å². The zero-order valence-corrected chi connectivity index (χ0v) is 17.6. The van der Waals surface area contributed by atoms with Crippen molar-refractivity contribution in [3.63, 3.8) is 0 Å². The molecule has 0 unspecified atom stereocenters. The lowest BCUT2D eigenvalue weighted by atomic mass is 9.78. The van der Waals surface area contributed by atoms with Crippen LogP contribution in [0.15, 0.2) is 36.9 Å². The molecule has 4 atom stereocenters. The second kappa shape index (κ2) is 8.38. The minimum Gasteiger partial charge on any atom is -0.371 e. The van der Waals surface area contributed by atoms with Gasteiger partial charge in [-0.15, -0.1) is 6.58 Å². The maximum atomic E-state index is 13.3. The third kappa shape index (κ3) is 4.75. The largest absolute Gasteiger partial charge is 0.371 e. The van der Waals surface area contributed by atoms with Gasteiger partial charge in [0.2, 0.25) is 0 Å². The molecule has 7 heteroatoms. The highest BCUT2D eigenvalue weighted by Crippen LogP contribution is 2.44. The minimum atomic E-state index is -1.12. The second-order valence-corrected chi connectivity index (χ2v) is 8.86. The van der Waals surface area contributed by atoms with Gasteiger partial charge in [0.05, 0.1) is 25.4 Å². The lowest BCUT2D eigenvalue weighted by molar-refractivity contribution is -0.180. The van der Waals surface area contributed by atoms with Crippen LogP contribution in [0.1, 0.15) is 45.1 Å². The number of ether oxygens (including phenoxy) is 4. The Morgan fingerprint density at radius 3 is 2.67 bits per heavy atom. The lowest BCUT2D eigenvalue weighted by Crippen LogP contribution is -2.60. The van der Waals surface area contributed by atoms with Crippen molar-refractivity contribution in [2.45, 2.75) is 81.9 Å². The van der Waals surface area contributed by atoms with Gasteiger partial charge in [0, 0.05) is 18.9 Å². The molecule has 1 aliphatic heterocycles. The summed E-state index contributed by atoms with van der Waals surface area (Å²) < 4.78 is 37.8. The molecule has 0 radical (unpaired) electrons. The van der Waals surface area contributed by atoms with Crippen LogP contribution in [0.25, 0.3) is 0 Å². The summed E-state index contributed by atoms with van der Waals surface area (Å²) in [6, 6.07) is 6.30. The Kier molecular flexibility index (Phi) is 5.99. The fraction of sp³-hybridized carbons (Fsp3) is 0.609. The number of hydrogen-bond donors (Lipinski definition) is 1. The van der Waals surface area contributed by atoms with Gasteiger partial charge in [-0.1, -0.05) is 18.2 Å². The monoisotopic (exact) mass is 419 g/mol. The van der Waals surface area contributed by atoms with Gasteiger partial charge in [0.1, 0.15) is 11.9 Å². The van der Waals surface area contributed by atoms with Crippen LogP contribution in [0, 0.1) is 5.82 Å². The summed E-state index contributed by atoms with van der Waals surface area (Å²) in [5.41, 5.74) is -0.321. The summed E-state index contributed by atoms with van der Waals surface area (Å²) in [6.07, 6.45) is 3.37. The molecule has 1 heterocycles. The predicted octanol–water partition coefficient (Wildman–Crippen LogP) is 3.24. The van der Waals surface area contributed by atoms with Crippen molar-refractivity contribution >= 4 is 5.91 Å². The molecule has 0 spiro atoms. The predicted molar refractivity (Wildman–Crippen MR) is 108 cm³/mol. The van der Waals surface area contributed by atoms with Crippen LogP contribution in [0.2, 0.25) is 0 Å². The van der Waals surface area contributed by atoms with Crippen LogP contribution in [0.3, 0.4) is 0 Å². The summed E-state index contributed by atoms with van der Waals surface area (Å²) in [7, 11) is 0. The zero-order chi connectivity index (χ0) is 21.4. The fourth-order valence-electron chi connectivity index (χ4n) is 4.25. The van der Waals surface area contributed by atoms with Gasteiger partial charge < -0.3 is 24.3 Å². The first-order chi connectivity index (χ1) is 14.3. The van der Waals surface area contributed by atoms with E-state index in [1.54, 1.807) is 18.2 Å². The Labute approximate surface area is 176 Å². The van der Waals surface area contributed by atoms with Crippen molar-refractivity contribution in [1.29, 1.82) is 0 Å². The molecular formula is C23H30FNO5. The molecule has 1 amide bonds. The first-order valence-electron chi connectivity index (χ1n) is 10.6. The molecule has 1 N–H and O–H groups in total. The van der Waals surface area contributed by atoms with E-state index in [4.69, 9.17) is 18.9 Å². The summed E-state index contributed by atoms with van der Waals surface area (Å²) in [5.74, 6) is -1.21. The van der Waals surface area contributed by atoms with Crippen molar-refractivity contribution in [3.05, 3.63) is 48.3 Å². The zero-order valence-electron chi connectivity index (χ0n) is 17.6. The highest BCUT2D eigenvalue weighted by Gasteiger charge is 2.58. The van der Waals surface area contributed by atoms with Crippen LogP contribution in [0.4, 0.5) is 4.39 Å². The van der Waals surface area contributed by atoms with E-state index < -0.39 is 11.4 Å². The summed E-state index contributed by atoms with van der Waals surface area (Å²) in [6.45, 7) is 7.98. The third-order valence-electron chi connectivity index (χ3n) is 5.83. The molecule has 3 fully saturated rings. The second-order valence-electron chi connectivity index (χ2n) is 8.86. The molecule has 0 bridgehead atoms. The Balaban J connectivity index is 1.58. The van der Waals surface area contributed by atoms with Gasteiger partial charge in [0.15, 0.2) is 11.4 Å². The van der Waals surface area contributed by atoms with Crippen LogP contribution in [-0.2, 0) is 30.3 Å². The van der Waals surface area contributed by atoms with Crippen molar-refractivity contribution in [1.82, 2.24) is 5.32 Å². The van der Waals surface area contributed by atoms with E-state index in [2.05, 4.69) is 11.9 Å². The highest BCUT2D eigenvalue weighted by atomic mass is 19.1. The molecule has 30 heavy (non-hydrogen) atoms. The van der Waals surface area contributed by atoms with Gasteiger partial charge in [-0.25, -0.2) is 4.39 Å². The van der Waals surface area contributed by atoms with Crippen LogP contribution >= 0.6 is 0 Å². The van der Waals surface area contributed by atoms with E-state index in [1.165, 1.54) is 12.1 Å². The van der Waals surface area contributed by atoms with E-state index in [0.29, 0.717) is 19.4 Å². The number of nitrogens with one attached hydrogen (secondary N) is 1. The van der Waals surface area contributed by atoms with Gasteiger partial charge in [0.25, 0.3) is 5.91 Å². The quantitative estimate of drug-likeness (QED) is 0.656. The Morgan fingerprint density at radius 1 is 1.27 bits per heavy atom. The van der Waals surface area contributed by atoms with E-state index in [9.17, 15) is 9.18 Å². The van der Waals surface area contributed by atoms with Gasteiger partial charge >= 0.3 is 0 Å². The van der Waals surface area contributed by atoms with Crippen molar-refractivity contribution in [2.75, 3.05) is 6.61 Å². The highest BCUT2D eigenvalue weighted by molar-refractivity contribution is 5.86. The van der Waals surface area contributed by atoms with Crippen LogP contribution in [0.5, 0.6) is 0 Å². The number of carbonyl (C=O) groups excluding carboxylic acids is 1. The van der Waals surface area contributed by atoms with Gasteiger partial charge in [-0.3, -0.25) is 4.79 Å². The summed E-state index contributed by atoms with van der Waals surface area (Å²) in [4.78, 5) is 13.3. The average molecular weight is 419 g/mol. The number of hydrogen-bond acceptors (Lipinski definition) is 5. The molecule has 2 aliphatic carbocycles. The molecule has 2 saturated carbocycles. The van der Waals surface area contributed by atoms with Gasteiger partial charge in [-0.05, 0) is 44.4 Å². The first-order valence-corrected chi connectivity index (χ1v) is 10.6. The molecule has 1 aromatic carbocycles. The third-order valence-corrected chi connectivity index (χ3v) is 5.83. The van der Waals surface area contributed by atoms with E-state index in [1.807, 2.05) is 13.8 Å². The lowest BCUT2D eigenvalue weighted by Gasteiger charge is -2.43. The van der Waals surface area contributed by atoms with Gasteiger partial charge in [-0.2, -0.15) is 0 Å². The number of fused-ring (bicyclic) bond motifs is 1. The Hall–Kier alpha value is -1.80. The molecule has 0 aromatic heterocycles. The van der Waals surface area contributed by atoms with E-state index in [0.717, 1.165) is 18.4 Å². The molecule has 1 saturated heterocycles. The van der Waals surface area contributed by atoms with Crippen molar-refractivity contribution in [3.8, 4) is 0 Å². The average Bonchev–Trinajstić information content (AvgIpc) is 3.45. The fourth-order valence-corrected chi connectivity index (χ4v) is 4.25. The SMILES string of the molecule is C=CCO[C@H]1C[C@](OCc2ccc(F)cc2)(C(=O)NC2CC2)C[C@H]2OC(C)(C)O[C@@H]12. The Bertz CT molecular complexity index is 778. The van der Waals surface area contributed by atoms with Crippen molar-refractivity contribution < 1.29 is 28.1 Å². The molecule has 1 aromatic rings. The number of rotatable bonds is 8. The minimum absolute atomic E-state index is 0.147. The smallest absolute Gasteiger partial charge is 0.252 e. The topological polar surface area (TPSA) is 66.0 Å². The number of halogens is 1. The molecule has 3 aliphatic rings. The van der Waals surface area contributed by atoms with E-state index in [-0.39, 0.29) is 42.7 Å². The number of amides is 1. The Morgan fingerprint density at radius 2 is 2.00 bits per heavy atom. The molecule has 4 rings (SSSR count). The first kappa shape index (κ1) is 21.4. The number of benzene rings is 1. The normalized spacial score (nSPS) is 32.4.